The Labute approximate surface area is 149 Å². The summed E-state index contributed by atoms with van der Waals surface area (Å²) >= 11 is 0. The molecule has 1 saturated heterocycles. The monoisotopic (exact) mass is 344 g/mol. The first kappa shape index (κ1) is 18.2. The summed E-state index contributed by atoms with van der Waals surface area (Å²) in [5.41, 5.74) is 1.35. The lowest BCUT2D eigenvalue weighted by Crippen LogP contribution is -2.40. The molecule has 4 nitrogen and oxygen atoms in total. The standard InChI is InChI=1S/C21H28O4/c1-24-20(23)12-8-3-2-7-11-18-17(14-22)19-13-21(18,15-25-19)16-9-5-4-6-10-16/h2,4-7,9-10,17-19,22H,3,8,11-15H2,1H3/b7-2-/t17-,18-,19-,21-/m1/s1. The zero-order valence-corrected chi connectivity index (χ0v) is 14.9. The highest BCUT2D eigenvalue weighted by atomic mass is 16.5. The van der Waals surface area contributed by atoms with E-state index in [4.69, 9.17) is 4.74 Å². The zero-order chi connectivity index (χ0) is 17.7. The van der Waals surface area contributed by atoms with Crippen LogP contribution in [0.3, 0.4) is 0 Å². The summed E-state index contributed by atoms with van der Waals surface area (Å²) in [6.07, 6.45) is 8.65. The highest BCUT2D eigenvalue weighted by Crippen LogP contribution is 2.56. The molecule has 1 aliphatic carbocycles. The molecule has 1 aromatic rings. The summed E-state index contributed by atoms with van der Waals surface area (Å²) in [5, 5.41) is 9.89. The van der Waals surface area contributed by atoms with E-state index in [1.54, 1.807) is 0 Å². The number of fused-ring (bicyclic) bond motifs is 2. The number of rotatable bonds is 8. The maximum absolute atomic E-state index is 11.1. The summed E-state index contributed by atoms with van der Waals surface area (Å²) < 4.78 is 10.6. The van der Waals surface area contributed by atoms with Crippen molar-refractivity contribution in [3.8, 4) is 0 Å². The molecular weight excluding hydrogens is 316 g/mol. The van der Waals surface area contributed by atoms with Gasteiger partial charge >= 0.3 is 5.97 Å². The van der Waals surface area contributed by atoms with Gasteiger partial charge in [-0.2, -0.15) is 0 Å². The first-order valence-electron chi connectivity index (χ1n) is 9.21. The van der Waals surface area contributed by atoms with E-state index in [1.807, 2.05) is 6.07 Å². The number of ether oxygens (including phenoxy) is 2. The fraction of sp³-hybridized carbons (Fsp3) is 0.571. The molecule has 2 fully saturated rings. The number of hydrogen-bond acceptors (Lipinski definition) is 4. The van der Waals surface area contributed by atoms with Gasteiger partial charge in [-0.3, -0.25) is 4.79 Å². The van der Waals surface area contributed by atoms with Gasteiger partial charge in [0, 0.05) is 24.4 Å². The van der Waals surface area contributed by atoms with E-state index in [-0.39, 0.29) is 30.0 Å². The van der Waals surface area contributed by atoms with Crippen LogP contribution in [0.2, 0.25) is 0 Å². The van der Waals surface area contributed by atoms with Crippen molar-refractivity contribution in [3.05, 3.63) is 48.0 Å². The third-order valence-electron chi connectivity index (χ3n) is 5.92. The Hall–Kier alpha value is -1.65. The Bertz CT molecular complexity index is 597. The van der Waals surface area contributed by atoms with Crippen molar-refractivity contribution in [2.24, 2.45) is 11.8 Å². The second-order valence-corrected chi connectivity index (χ2v) is 7.20. The Morgan fingerprint density at radius 1 is 1.36 bits per heavy atom. The van der Waals surface area contributed by atoms with Crippen molar-refractivity contribution in [2.75, 3.05) is 20.3 Å². The van der Waals surface area contributed by atoms with E-state index in [1.165, 1.54) is 12.7 Å². The largest absolute Gasteiger partial charge is 0.469 e. The zero-order valence-electron chi connectivity index (χ0n) is 14.9. The van der Waals surface area contributed by atoms with Crippen LogP contribution in [0.4, 0.5) is 0 Å². The molecule has 1 aliphatic heterocycles. The smallest absolute Gasteiger partial charge is 0.305 e. The number of aliphatic hydroxyl groups is 1. The van der Waals surface area contributed by atoms with Crippen molar-refractivity contribution in [3.63, 3.8) is 0 Å². The lowest BCUT2D eigenvalue weighted by Gasteiger charge is -2.38. The van der Waals surface area contributed by atoms with E-state index >= 15 is 0 Å². The highest BCUT2D eigenvalue weighted by Gasteiger charge is 2.58. The molecule has 0 amide bonds. The fourth-order valence-corrected chi connectivity index (χ4v) is 4.59. The number of benzene rings is 1. The minimum absolute atomic E-state index is 0.0235. The normalized spacial score (nSPS) is 30.9. The predicted octanol–water partition coefficient (Wildman–Crippen LogP) is 3.24. The SMILES string of the molecule is COC(=O)CCC/C=C\C[C@@H]1[C@@H](CO)[C@H]2C[C@]1(c1ccccc1)CO2. The van der Waals surface area contributed by atoms with Crippen molar-refractivity contribution in [1.29, 1.82) is 0 Å². The minimum Gasteiger partial charge on any atom is -0.469 e. The molecule has 1 N–H and O–H groups in total. The van der Waals surface area contributed by atoms with E-state index in [0.29, 0.717) is 12.3 Å². The summed E-state index contributed by atoms with van der Waals surface area (Å²) in [6, 6.07) is 10.6. The number of carbonyl (C=O) groups excluding carboxylic acids is 1. The molecule has 0 aromatic heterocycles. The van der Waals surface area contributed by atoms with E-state index < -0.39 is 0 Å². The van der Waals surface area contributed by atoms with Crippen LogP contribution in [0.1, 0.15) is 37.7 Å². The van der Waals surface area contributed by atoms with Crippen LogP contribution in [-0.2, 0) is 19.7 Å². The van der Waals surface area contributed by atoms with Gasteiger partial charge in [-0.15, -0.1) is 0 Å². The van der Waals surface area contributed by atoms with Gasteiger partial charge in [-0.25, -0.2) is 0 Å². The van der Waals surface area contributed by atoms with Gasteiger partial charge in [0.05, 0.1) is 19.8 Å². The van der Waals surface area contributed by atoms with Gasteiger partial charge in [0.2, 0.25) is 0 Å². The van der Waals surface area contributed by atoms with Crippen LogP contribution >= 0.6 is 0 Å². The number of allylic oxidation sites excluding steroid dienone is 2. The molecule has 2 bridgehead atoms. The number of unbranched alkanes of at least 4 members (excludes halogenated alkanes) is 1. The molecule has 0 unspecified atom stereocenters. The van der Waals surface area contributed by atoms with Crippen LogP contribution in [-0.4, -0.2) is 37.5 Å². The van der Waals surface area contributed by atoms with Crippen LogP contribution in [0.15, 0.2) is 42.5 Å². The van der Waals surface area contributed by atoms with Gasteiger partial charge < -0.3 is 14.6 Å². The van der Waals surface area contributed by atoms with Crippen molar-refractivity contribution in [2.45, 2.75) is 43.6 Å². The van der Waals surface area contributed by atoms with Gasteiger partial charge in [-0.1, -0.05) is 42.5 Å². The summed E-state index contributed by atoms with van der Waals surface area (Å²) in [4.78, 5) is 11.1. The Morgan fingerprint density at radius 3 is 2.88 bits per heavy atom. The molecule has 4 atom stereocenters. The Morgan fingerprint density at radius 2 is 2.16 bits per heavy atom. The van der Waals surface area contributed by atoms with Gasteiger partial charge in [-0.05, 0) is 37.2 Å². The highest BCUT2D eigenvalue weighted by molar-refractivity contribution is 5.69. The van der Waals surface area contributed by atoms with Crippen LogP contribution < -0.4 is 0 Å². The molecule has 0 spiro atoms. The topological polar surface area (TPSA) is 55.8 Å². The molecular formula is C21H28O4. The van der Waals surface area contributed by atoms with Crippen molar-refractivity contribution < 1.29 is 19.4 Å². The summed E-state index contributed by atoms with van der Waals surface area (Å²) in [7, 11) is 1.42. The third kappa shape index (κ3) is 3.65. The number of aliphatic hydroxyl groups excluding tert-OH is 1. The maximum Gasteiger partial charge on any atom is 0.305 e. The Balaban J connectivity index is 1.64. The van der Waals surface area contributed by atoms with Crippen LogP contribution in [0.25, 0.3) is 0 Å². The fourth-order valence-electron chi connectivity index (χ4n) is 4.59. The molecule has 25 heavy (non-hydrogen) atoms. The van der Waals surface area contributed by atoms with Gasteiger partial charge in [0.25, 0.3) is 0 Å². The van der Waals surface area contributed by atoms with Gasteiger partial charge in [0.15, 0.2) is 0 Å². The van der Waals surface area contributed by atoms with Crippen LogP contribution in [0.5, 0.6) is 0 Å². The lowest BCUT2D eigenvalue weighted by atomic mass is 9.69. The number of carbonyl (C=O) groups is 1. The minimum atomic E-state index is -0.151. The average molecular weight is 344 g/mol. The van der Waals surface area contributed by atoms with Crippen molar-refractivity contribution in [1.82, 2.24) is 0 Å². The van der Waals surface area contributed by atoms with Crippen molar-refractivity contribution >= 4 is 5.97 Å². The first-order valence-corrected chi connectivity index (χ1v) is 9.21. The maximum atomic E-state index is 11.1. The second-order valence-electron chi connectivity index (χ2n) is 7.20. The molecule has 1 aromatic carbocycles. The van der Waals surface area contributed by atoms with E-state index in [0.717, 1.165) is 32.3 Å². The van der Waals surface area contributed by atoms with E-state index in [2.05, 4.69) is 41.2 Å². The summed E-state index contributed by atoms with van der Waals surface area (Å²) in [5.74, 6) is 0.450. The third-order valence-corrected chi connectivity index (χ3v) is 5.92. The molecule has 1 heterocycles. The quantitative estimate of drug-likeness (QED) is 0.447. The molecule has 136 valence electrons. The Kier molecular flexibility index (Phi) is 5.92. The number of hydrogen-bond donors (Lipinski definition) is 1. The predicted molar refractivity (Wildman–Crippen MR) is 96.2 cm³/mol. The van der Waals surface area contributed by atoms with Crippen LogP contribution in [0, 0.1) is 11.8 Å². The first-order chi connectivity index (χ1) is 12.2. The lowest BCUT2D eigenvalue weighted by molar-refractivity contribution is -0.140. The molecule has 4 heteroatoms. The molecule has 0 radical (unpaired) electrons. The molecule has 3 rings (SSSR count). The van der Waals surface area contributed by atoms with E-state index in [9.17, 15) is 9.90 Å². The molecule has 1 saturated carbocycles. The summed E-state index contributed by atoms with van der Waals surface area (Å²) in [6.45, 7) is 0.930. The van der Waals surface area contributed by atoms with Gasteiger partial charge in [0.1, 0.15) is 0 Å². The second kappa shape index (κ2) is 8.15. The molecule has 2 aliphatic rings. The number of esters is 1. The average Bonchev–Trinajstić information content (AvgIpc) is 3.22. The number of methoxy groups -OCH3 is 1.